The van der Waals surface area contributed by atoms with Crippen molar-refractivity contribution >= 4 is 43.4 Å². The first-order valence-electron chi connectivity index (χ1n) is 9.03. The standard InChI is InChI=1S/C22H16ClN3O2S/c1-14-7-5-6-10-16(14)22-21(23)20-17-13-24-26(19(17)12-11-18(20)25-22)29(27,28)15-8-3-2-4-9-15/h2-13,24H,1H3. The first-order valence-corrected chi connectivity index (χ1v) is 10.8. The number of rotatable bonds is 3. The lowest BCUT2D eigenvalue weighted by Gasteiger charge is -2.07. The fraction of sp³-hybridized carbons (Fsp3) is 0.0455. The molecule has 0 spiro atoms. The van der Waals surface area contributed by atoms with E-state index in [-0.39, 0.29) is 4.90 Å². The van der Waals surface area contributed by atoms with Crippen LogP contribution >= 0.6 is 11.6 Å². The van der Waals surface area contributed by atoms with Crippen LogP contribution in [0.5, 0.6) is 0 Å². The van der Waals surface area contributed by atoms with E-state index < -0.39 is 10.0 Å². The molecule has 0 fully saturated rings. The Hall–Kier alpha value is -3.09. The van der Waals surface area contributed by atoms with Crippen LogP contribution in [0.1, 0.15) is 5.56 Å². The third kappa shape index (κ3) is 2.68. The van der Waals surface area contributed by atoms with E-state index in [0.717, 1.165) is 22.0 Å². The van der Waals surface area contributed by atoms with Gasteiger partial charge in [-0.05, 0) is 36.8 Å². The molecule has 0 amide bonds. The highest BCUT2D eigenvalue weighted by atomic mass is 35.5. The smallest absolute Gasteiger partial charge is 0.281 e. The number of aromatic nitrogens is 3. The molecule has 7 heteroatoms. The summed E-state index contributed by atoms with van der Waals surface area (Å²) in [6.45, 7) is 2.01. The Morgan fingerprint density at radius 1 is 0.966 bits per heavy atom. The van der Waals surface area contributed by atoms with Crippen molar-refractivity contribution in [3.8, 4) is 11.3 Å². The lowest BCUT2D eigenvalue weighted by molar-refractivity contribution is 0.582. The van der Waals surface area contributed by atoms with Gasteiger partial charge < -0.3 is 0 Å². The summed E-state index contributed by atoms with van der Waals surface area (Å²) < 4.78 is 27.3. The first kappa shape index (κ1) is 18.0. The molecule has 5 aromatic rings. The van der Waals surface area contributed by atoms with Gasteiger partial charge in [-0.1, -0.05) is 54.1 Å². The number of halogens is 1. The summed E-state index contributed by atoms with van der Waals surface area (Å²) in [5.74, 6) is 0. The minimum atomic E-state index is -3.76. The molecule has 144 valence electrons. The molecule has 0 aliphatic heterocycles. The summed E-state index contributed by atoms with van der Waals surface area (Å²) in [6, 6.07) is 19.8. The second-order valence-electron chi connectivity index (χ2n) is 6.84. The zero-order chi connectivity index (χ0) is 20.2. The predicted molar refractivity (Wildman–Crippen MR) is 116 cm³/mol. The molecular weight excluding hydrogens is 406 g/mol. The molecule has 0 unspecified atom stereocenters. The molecule has 5 rings (SSSR count). The van der Waals surface area contributed by atoms with Crippen molar-refractivity contribution in [1.29, 1.82) is 0 Å². The normalized spacial score (nSPS) is 12.1. The van der Waals surface area contributed by atoms with Crippen molar-refractivity contribution < 1.29 is 8.42 Å². The van der Waals surface area contributed by atoms with E-state index in [2.05, 4.69) is 5.10 Å². The minimum absolute atomic E-state index is 0.209. The first-order chi connectivity index (χ1) is 14.0. The third-order valence-corrected chi connectivity index (χ3v) is 7.11. The number of aromatic amines is 1. The molecule has 0 radical (unpaired) electrons. The van der Waals surface area contributed by atoms with Crippen LogP contribution in [0, 0.1) is 6.92 Å². The number of benzene rings is 3. The monoisotopic (exact) mass is 421 g/mol. The average molecular weight is 422 g/mol. The van der Waals surface area contributed by atoms with Crippen LogP contribution in [0.2, 0.25) is 5.02 Å². The molecule has 0 atom stereocenters. The van der Waals surface area contributed by atoms with Crippen LogP contribution < -0.4 is 0 Å². The second-order valence-corrected chi connectivity index (χ2v) is 9.00. The van der Waals surface area contributed by atoms with Gasteiger partial charge in [0.1, 0.15) is 0 Å². The zero-order valence-electron chi connectivity index (χ0n) is 15.4. The largest absolute Gasteiger partial charge is 0.291 e. The van der Waals surface area contributed by atoms with Gasteiger partial charge in [0.15, 0.2) is 0 Å². The minimum Gasteiger partial charge on any atom is -0.291 e. The number of H-pyrrole nitrogens is 1. The number of hydrogen-bond acceptors (Lipinski definition) is 3. The van der Waals surface area contributed by atoms with Gasteiger partial charge in [-0.25, -0.2) is 4.98 Å². The average Bonchev–Trinajstić information content (AvgIpc) is 3.30. The Morgan fingerprint density at radius 2 is 1.69 bits per heavy atom. The molecule has 0 saturated carbocycles. The van der Waals surface area contributed by atoms with Gasteiger partial charge in [0, 0.05) is 22.5 Å². The molecule has 0 saturated heterocycles. The fourth-order valence-corrected chi connectivity index (χ4v) is 5.30. The quantitative estimate of drug-likeness (QED) is 0.425. The molecular formula is C22H16ClN3O2S. The van der Waals surface area contributed by atoms with E-state index >= 15 is 0 Å². The lowest BCUT2D eigenvalue weighted by atomic mass is 10.1. The van der Waals surface area contributed by atoms with Gasteiger partial charge in [-0.15, -0.1) is 0 Å². The Morgan fingerprint density at radius 3 is 2.45 bits per heavy atom. The Labute approximate surface area is 172 Å². The Kier molecular flexibility index (Phi) is 4.01. The number of aryl methyl sites for hydroxylation is 1. The third-order valence-electron chi connectivity index (χ3n) is 5.09. The van der Waals surface area contributed by atoms with E-state index in [9.17, 15) is 8.42 Å². The second kappa shape index (κ2) is 6.47. The van der Waals surface area contributed by atoms with Crippen molar-refractivity contribution in [2.75, 3.05) is 0 Å². The predicted octanol–water partition coefficient (Wildman–Crippen LogP) is 5.38. The van der Waals surface area contributed by atoms with Crippen molar-refractivity contribution in [2.45, 2.75) is 11.8 Å². The molecule has 2 heterocycles. The number of nitrogens with one attached hydrogen (secondary N) is 1. The molecule has 5 nitrogen and oxygen atoms in total. The molecule has 0 bridgehead atoms. The van der Waals surface area contributed by atoms with E-state index in [1.165, 1.54) is 4.09 Å². The maximum atomic E-state index is 13.1. The Bertz CT molecular complexity index is 1490. The van der Waals surface area contributed by atoms with Gasteiger partial charge in [0.25, 0.3) is 10.0 Å². The topological polar surface area (TPSA) is 67.8 Å². The summed E-state index contributed by atoms with van der Waals surface area (Å²) in [4.78, 5) is 4.93. The van der Waals surface area contributed by atoms with E-state index in [1.807, 2.05) is 31.2 Å². The highest BCUT2D eigenvalue weighted by Gasteiger charge is 2.22. The van der Waals surface area contributed by atoms with Gasteiger partial charge in [0.05, 0.1) is 26.6 Å². The van der Waals surface area contributed by atoms with E-state index in [1.54, 1.807) is 48.7 Å². The van der Waals surface area contributed by atoms with Gasteiger partial charge in [-0.2, -0.15) is 12.5 Å². The summed E-state index contributed by atoms with van der Waals surface area (Å²) in [5.41, 5.74) is 3.98. The summed E-state index contributed by atoms with van der Waals surface area (Å²) in [6.07, 6.45) is 1.66. The molecule has 2 aromatic heterocycles. The summed E-state index contributed by atoms with van der Waals surface area (Å²) >= 11 is 6.75. The van der Waals surface area contributed by atoms with Crippen LogP contribution in [-0.4, -0.2) is 22.6 Å². The molecule has 3 aromatic carbocycles. The number of fused-ring (bicyclic) bond motifs is 3. The van der Waals surface area contributed by atoms with Gasteiger partial charge in [-0.3, -0.25) is 5.10 Å². The summed E-state index contributed by atoms with van der Waals surface area (Å²) in [7, 11) is -3.76. The molecule has 29 heavy (non-hydrogen) atoms. The number of nitrogens with zero attached hydrogens (tertiary/aromatic N) is 2. The molecule has 0 aliphatic rings. The fourth-order valence-electron chi connectivity index (χ4n) is 3.64. The van der Waals surface area contributed by atoms with Crippen molar-refractivity contribution in [2.24, 2.45) is 0 Å². The van der Waals surface area contributed by atoms with Gasteiger partial charge in [0.2, 0.25) is 0 Å². The van der Waals surface area contributed by atoms with Crippen LogP contribution in [0.15, 0.2) is 77.8 Å². The van der Waals surface area contributed by atoms with Crippen molar-refractivity contribution in [1.82, 2.24) is 14.2 Å². The van der Waals surface area contributed by atoms with E-state index in [0.29, 0.717) is 21.6 Å². The maximum Gasteiger partial charge on any atom is 0.281 e. The van der Waals surface area contributed by atoms with Crippen LogP contribution in [-0.2, 0) is 10.0 Å². The van der Waals surface area contributed by atoms with E-state index in [4.69, 9.17) is 16.6 Å². The highest BCUT2D eigenvalue weighted by molar-refractivity contribution is 7.90. The zero-order valence-corrected chi connectivity index (χ0v) is 17.0. The van der Waals surface area contributed by atoms with Crippen LogP contribution in [0.4, 0.5) is 0 Å². The lowest BCUT2D eigenvalue weighted by Crippen LogP contribution is -2.14. The maximum absolute atomic E-state index is 13.1. The van der Waals surface area contributed by atoms with Crippen molar-refractivity contribution in [3.05, 3.63) is 83.5 Å². The summed E-state index contributed by atoms with van der Waals surface area (Å²) in [5, 5.41) is 4.84. The van der Waals surface area contributed by atoms with Crippen LogP contribution in [0.3, 0.4) is 0 Å². The molecule has 1 N–H and O–H groups in total. The molecule has 0 aliphatic carbocycles. The number of hydrogen-bond donors (Lipinski definition) is 1. The SMILES string of the molecule is Cc1ccccc1-c1nc2ccc3c(c[nH]n3S(=O)(=O)c3ccccc3)c2c1Cl. The Balaban J connectivity index is 1.77. The highest BCUT2D eigenvalue weighted by Crippen LogP contribution is 2.39. The van der Waals surface area contributed by atoms with Crippen molar-refractivity contribution in [3.63, 3.8) is 0 Å². The van der Waals surface area contributed by atoms with Gasteiger partial charge >= 0.3 is 0 Å². The van der Waals surface area contributed by atoms with Crippen LogP contribution in [0.25, 0.3) is 33.1 Å².